The van der Waals surface area contributed by atoms with Crippen LogP contribution in [0.25, 0.3) is 0 Å². The average molecular weight is 289 g/mol. The minimum atomic E-state index is -3.87. The van der Waals surface area contributed by atoms with E-state index in [2.05, 4.69) is 0 Å². The van der Waals surface area contributed by atoms with E-state index in [9.17, 15) is 40.5 Å². The van der Waals surface area contributed by atoms with Crippen molar-refractivity contribution in [2.45, 2.75) is 5.79 Å². The highest BCUT2D eigenvalue weighted by Crippen LogP contribution is 2.29. The molecule has 108 valence electrons. The molecule has 13 nitrogen and oxygen atoms in total. The molecule has 0 aromatic heterocycles. The van der Waals surface area contributed by atoms with Crippen LogP contribution in [0, 0.1) is 40.5 Å². The summed E-state index contributed by atoms with van der Waals surface area (Å²) in [5.74, 6) is -3.87. The van der Waals surface area contributed by atoms with Gasteiger partial charge in [-0.3, -0.25) is 40.5 Å². The lowest BCUT2D eigenvalue weighted by Crippen LogP contribution is -2.50. The van der Waals surface area contributed by atoms with Crippen molar-refractivity contribution in [1.82, 2.24) is 6.15 Å². The molecule has 0 heterocycles. The second-order valence-electron chi connectivity index (χ2n) is 3.21. The van der Waals surface area contributed by atoms with Crippen molar-refractivity contribution in [3.8, 4) is 0 Å². The first kappa shape index (κ1) is 16.8. The smallest absolute Gasteiger partial charge is 0.344 e. The highest BCUT2D eigenvalue weighted by atomic mass is 16.7. The molecule has 3 N–H and O–H groups in total. The van der Waals surface area contributed by atoms with E-state index in [1.807, 2.05) is 0 Å². The Morgan fingerprint density at radius 3 is 1.65 bits per heavy atom. The van der Waals surface area contributed by atoms with E-state index in [4.69, 9.17) is 0 Å². The third-order valence-electron chi connectivity index (χ3n) is 2.21. The molecule has 0 aliphatic carbocycles. The van der Waals surface area contributed by atoms with Gasteiger partial charge in [0.05, 0.1) is 4.92 Å². The highest BCUT2D eigenvalue weighted by Gasteiger charge is 2.72. The molecule has 0 aliphatic rings. The Labute approximate surface area is 109 Å². The molecule has 0 saturated heterocycles. The fourth-order valence-corrected chi connectivity index (χ4v) is 1.34. The predicted octanol–water partition coefficient (Wildman–Crippen LogP) is 0.697. The molecule has 0 spiro atoms. The van der Waals surface area contributed by atoms with Gasteiger partial charge in [0, 0.05) is 12.1 Å². The number of nitro groups is 4. The zero-order valence-electron chi connectivity index (χ0n) is 9.57. The van der Waals surface area contributed by atoms with Crippen molar-refractivity contribution in [1.29, 1.82) is 0 Å². The summed E-state index contributed by atoms with van der Waals surface area (Å²) in [5.41, 5.74) is -1.74. The molecular formula is C7H7N5O8. The normalized spacial score (nSPS) is 10.2. The zero-order chi connectivity index (χ0) is 14.8. The Bertz CT molecular complexity index is 550. The number of rotatable bonds is 5. The van der Waals surface area contributed by atoms with Crippen LogP contribution in [0.2, 0.25) is 0 Å². The maximum absolute atomic E-state index is 10.7. The van der Waals surface area contributed by atoms with Crippen molar-refractivity contribution >= 4 is 5.69 Å². The lowest BCUT2D eigenvalue weighted by Gasteiger charge is -2.08. The Kier molecular flexibility index (Phi) is 4.71. The standard InChI is InChI=1S/C7H4N4O8.H3N/c12-8(13)6-3-1-2-5(4-6)7(9(14)15,10(16)17)11(18)19;/h1-4H;1H3. The second-order valence-corrected chi connectivity index (χ2v) is 3.21. The molecule has 20 heavy (non-hydrogen) atoms. The van der Waals surface area contributed by atoms with E-state index >= 15 is 0 Å². The minimum Gasteiger partial charge on any atom is -0.344 e. The summed E-state index contributed by atoms with van der Waals surface area (Å²) in [6, 6.07) is 2.92. The maximum Gasteiger partial charge on any atom is 0.728 e. The van der Waals surface area contributed by atoms with Crippen LogP contribution >= 0.6 is 0 Å². The van der Waals surface area contributed by atoms with Gasteiger partial charge in [-0.2, -0.15) is 0 Å². The van der Waals surface area contributed by atoms with Gasteiger partial charge in [0.2, 0.25) is 0 Å². The number of hydrogen-bond donors (Lipinski definition) is 1. The summed E-state index contributed by atoms with van der Waals surface area (Å²) in [4.78, 5) is 36.6. The van der Waals surface area contributed by atoms with Crippen molar-refractivity contribution in [3.63, 3.8) is 0 Å². The molecular weight excluding hydrogens is 282 g/mol. The molecule has 0 unspecified atom stereocenters. The molecule has 0 radical (unpaired) electrons. The van der Waals surface area contributed by atoms with Crippen molar-refractivity contribution in [3.05, 3.63) is 70.3 Å². The summed E-state index contributed by atoms with van der Waals surface area (Å²) in [7, 11) is 0. The first-order chi connectivity index (χ1) is 8.74. The summed E-state index contributed by atoms with van der Waals surface area (Å²) in [6.45, 7) is 0. The number of non-ortho nitro benzene ring substituents is 1. The molecule has 0 amide bonds. The van der Waals surface area contributed by atoms with Crippen LogP contribution in [-0.2, 0) is 5.79 Å². The highest BCUT2D eigenvalue weighted by molar-refractivity contribution is 5.35. The summed E-state index contributed by atoms with van der Waals surface area (Å²) in [6.07, 6.45) is 0. The lowest BCUT2D eigenvalue weighted by atomic mass is 10.1. The summed E-state index contributed by atoms with van der Waals surface area (Å²) >= 11 is 0. The van der Waals surface area contributed by atoms with E-state index in [1.54, 1.807) is 0 Å². The number of hydrogen-bond acceptors (Lipinski definition) is 9. The van der Waals surface area contributed by atoms with Gasteiger partial charge in [-0.25, -0.2) is 0 Å². The largest absolute Gasteiger partial charge is 0.728 e. The van der Waals surface area contributed by atoms with Crippen molar-refractivity contribution in [2.24, 2.45) is 0 Å². The van der Waals surface area contributed by atoms with Crippen LogP contribution in [0.1, 0.15) is 5.56 Å². The van der Waals surface area contributed by atoms with Crippen molar-refractivity contribution in [2.75, 3.05) is 0 Å². The second kappa shape index (κ2) is 5.61. The van der Waals surface area contributed by atoms with E-state index in [1.165, 1.54) is 0 Å². The van der Waals surface area contributed by atoms with Crippen LogP contribution < -0.4 is 6.15 Å². The molecule has 1 aromatic rings. The van der Waals surface area contributed by atoms with E-state index < -0.39 is 36.7 Å². The SMILES string of the molecule is N.O=[N+]([O-])c1cccc(C([N+](=O)[O-])([N+](=O)[O-])[N+](=O)[O-])c1. The van der Waals surface area contributed by atoms with Gasteiger partial charge in [0.1, 0.15) is 0 Å². The van der Waals surface area contributed by atoms with Gasteiger partial charge in [-0.05, 0) is 6.07 Å². The Morgan fingerprint density at radius 1 is 0.850 bits per heavy atom. The summed E-state index contributed by atoms with van der Waals surface area (Å²) < 4.78 is 0. The minimum absolute atomic E-state index is 0. The molecule has 0 saturated carbocycles. The number of nitrogens with zero attached hydrogens (tertiary/aromatic N) is 4. The fraction of sp³-hybridized carbons (Fsp3) is 0.143. The third-order valence-corrected chi connectivity index (χ3v) is 2.21. The lowest BCUT2D eigenvalue weighted by molar-refractivity contribution is -0.986. The third kappa shape index (κ3) is 2.32. The first-order valence-electron chi connectivity index (χ1n) is 4.43. The fourth-order valence-electron chi connectivity index (χ4n) is 1.34. The molecule has 13 heteroatoms. The van der Waals surface area contributed by atoms with Gasteiger partial charge in [-0.1, -0.05) is 6.07 Å². The molecule has 1 rings (SSSR count). The van der Waals surface area contributed by atoms with Gasteiger partial charge in [-0.15, -0.1) is 0 Å². The van der Waals surface area contributed by atoms with Gasteiger partial charge in [0.25, 0.3) is 5.69 Å². The molecule has 0 bridgehead atoms. The van der Waals surface area contributed by atoms with Gasteiger partial charge >= 0.3 is 5.79 Å². The monoisotopic (exact) mass is 289 g/mol. The maximum atomic E-state index is 10.7. The van der Waals surface area contributed by atoms with Gasteiger partial charge in [0.15, 0.2) is 20.3 Å². The van der Waals surface area contributed by atoms with Crippen LogP contribution in [0.3, 0.4) is 0 Å². The number of benzene rings is 1. The molecule has 1 aromatic carbocycles. The average Bonchev–Trinajstić information content (AvgIpc) is 2.28. The quantitative estimate of drug-likeness (QED) is 0.458. The van der Waals surface area contributed by atoms with Crippen LogP contribution in [0.15, 0.2) is 24.3 Å². The molecule has 0 atom stereocenters. The van der Waals surface area contributed by atoms with Crippen LogP contribution in [0.5, 0.6) is 0 Å². The van der Waals surface area contributed by atoms with Crippen LogP contribution in [0.4, 0.5) is 5.69 Å². The molecule has 0 aliphatic heterocycles. The van der Waals surface area contributed by atoms with Gasteiger partial charge < -0.3 is 6.15 Å². The Hall–Kier alpha value is -3.22. The topological polar surface area (TPSA) is 208 Å². The Morgan fingerprint density at radius 2 is 1.30 bits per heavy atom. The Balaban J connectivity index is 0.00000361. The molecule has 0 fully saturated rings. The first-order valence-corrected chi connectivity index (χ1v) is 4.43. The number of nitro benzene ring substituents is 1. The predicted molar refractivity (Wildman–Crippen MR) is 60.8 cm³/mol. The zero-order valence-corrected chi connectivity index (χ0v) is 9.57. The van der Waals surface area contributed by atoms with E-state index in [0.717, 1.165) is 12.1 Å². The van der Waals surface area contributed by atoms with Crippen LogP contribution in [-0.4, -0.2) is 19.7 Å². The van der Waals surface area contributed by atoms with E-state index in [-0.39, 0.29) is 6.15 Å². The summed E-state index contributed by atoms with van der Waals surface area (Å²) in [5, 5.41) is 42.7. The van der Waals surface area contributed by atoms with E-state index in [0.29, 0.717) is 12.1 Å². The van der Waals surface area contributed by atoms with Crippen molar-refractivity contribution < 1.29 is 19.7 Å².